The lowest BCUT2D eigenvalue weighted by molar-refractivity contribution is 0.110. The van der Waals surface area contributed by atoms with Crippen LogP contribution in [0.5, 0.6) is 0 Å². The highest BCUT2D eigenvalue weighted by atomic mass is 16.3. The molecule has 0 aliphatic heterocycles. The molecule has 18 heavy (non-hydrogen) atoms. The van der Waals surface area contributed by atoms with Gasteiger partial charge in [-0.2, -0.15) is 0 Å². The SMILES string of the molecule is CC(C)(C)CCC(O)C1CCCc2ccccc21. The Kier molecular flexibility index (Phi) is 4.11. The molecule has 1 nitrogen and oxygen atoms in total. The second-order valence-electron chi connectivity index (χ2n) is 6.86. The second kappa shape index (κ2) is 5.44. The van der Waals surface area contributed by atoms with Crippen molar-refractivity contribution < 1.29 is 5.11 Å². The van der Waals surface area contributed by atoms with Gasteiger partial charge in [0.1, 0.15) is 0 Å². The Morgan fingerprint density at radius 1 is 1.28 bits per heavy atom. The lowest BCUT2D eigenvalue weighted by atomic mass is 9.77. The minimum absolute atomic E-state index is 0.175. The van der Waals surface area contributed by atoms with E-state index in [1.165, 1.54) is 24.0 Å². The summed E-state index contributed by atoms with van der Waals surface area (Å²) < 4.78 is 0. The highest BCUT2D eigenvalue weighted by Gasteiger charge is 2.27. The predicted molar refractivity (Wildman–Crippen MR) is 76.8 cm³/mol. The van der Waals surface area contributed by atoms with Crippen molar-refractivity contribution in [3.63, 3.8) is 0 Å². The van der Waals surface area contributed by atoms with Crippen LogP contribution in [-0.4, -0.2) is 11.2 Å². The summed E-state index contributed by atoms with van der Waals surface area (Å²) in [5.74, 6) is 0.359. The van der Waals surface area contributed by atoms with E-state index in [1.807, 2.05) is 0 Å². The van der Waals surface area contributed by atoms with E-state index in [1.54, 1.807) is 0 Å². The molecule has 1 aliphatic rings. The van der Waals surface area contributed by atoms with Crippen molar-refractivity contribution >= 4 is 0 Å². The number of aryl methyl sites for hydroxylation is 1. The molecule has 0 saturated heterocycles. The van der Waals surface area contributed by atoms with Crippen LogP contribution >= 0.6 is 0 Å². The highest BCUT2D eigenvalue weighted by Crippen LogP contribution is 2.36. The number of fused-ring (bicyclic) bond motifs is 1. The average molecular weight is 246 g/mol. The summed E-state index contributed by atoms with van der Waals surface area (Å²) in [5.41, 5.74) is 3.16. The first-order chi connectivity index (χ1) is 8.47. The number of aliphatic hydroxyl groups excluding tert-OH is 1. The first-order valence-corrected chi connectivity index (χ1v) is 7.23. The maximum atomic E-state index is 10.5. The third-order valence-corrected chi connectivity index (χ3v) is 4.07. The van der Waals surface area contributed by atoms with Crippen molar-refractivity contribution in [2.24, 2.45) is 5.41 Å². The lowest BCUT2D eigenvalue weighted by Gasteiger charge is -2.31. The normalized spacial score (nSPS) is 21.4. The van der Waals surface area contributed by atoms with Crippen LogP contribution < -0.4 is 0 Å². The molecule has 0 radical (unpaired) electrons. The molecule has 0 amide bonds. The smallest absolute Gasteiger partial charge is 0.0609 e. The fourth-order valence-electron chi connectivity index (χ4n) is 2.97. The van der Waals surface area contributed by atoms with Gasteiger partial charge < -0.3 is 5.11 Å². The van der Waals surface area contributed by atoms with E-state index in [9.17, 15) is 5.11 Å². The van der Waals surface area contributed by atoms with Crippen molar-refractivity contribution in [3.05, 3.63) is 35.4 Å². The first kappa shape index (κ1) is 13.6. The molecular weight excluding hydrogens is 220 g/mol. The van der Waals surface area contributed by atoms with Crippen LogP contribution in [0.15, 0.2) is 24.3 Å². The molecule has 1 aliphatic carbocycles. The summed E-state index contributed by atoms with van der Waals surface area (Å²) in [6.45, 7) is 6.73. The number of benzene rings is 1. The fraction of sp³-hybridized carbons (Fsp3) is 0.647. The number of aliphatic hydroxyl groups is 1. The van der Waals surface area contributed by atoms with E-state index >= 15 is 0 Å². The fourth-order valence-corrected chi connectivity index (χ4v) is 2.97. The van der Waals surface area contributed by atoms with Crippen LogP contribution in [0.4, 0.5) is 0 Å². The molecule has 100 valence electrons. The molecule has 1 aromatic carbocycles. The molecule has 0 aromatic heterocycles. The van der Waals surface area contributed by atoms with Gasteiger partial charge >= 0.3 is 0 Å². The van der Waals surface area contributed by atoms with Crippen molar-refractivity contribution in [1.29, 1.82) is 0 Å². The van der Waals surface area contributed by atoms with Crippen LogP contribution in [0.1, 0.15) is 63.5 Å². The van der Waals surface area contributed by atoms with E-state index in [4.69, 9.17) is 0 Å². The first-order valence-electron chi connectivity index (χ1n) is 7.23. The maximum absolute atomic E-state index is 10.5. The zero-order chi connectivity index (χ0) is 13.2. The van der Waals surface area contributed by atoms with Gasteiger partial charge in [-0.3, -0.25) is 0 Å². The van der Waals surface area contributed by atoms with Gasteiger partial charge in [0.05, 0.1) is 6.10 Å². The Bertz CT molecular complexity index is 389. The zero-order valence-electron chi connectivity index (χ0n) is 11.9. The Morgan fingerprint density at radius 2 is 2.00 bits per heavy atom. The van der Waals surface area contributed by atoms with E-state index < -0.39 is 0 Å². The molecule has 0 saturated carbocycles. The van der Waals surface area contributed by atoms with Crippen molar-refractivity contribution in [3.8, 4) is 0 Å². The minimum Gasteiger partial charge on any atom is -0.392 e. The summed E-state index contributed by atoms with van der Waals surface area (Å²) in [7, 11) is 0. The summed E-state index contributed by atoms with van der Waals surface area (Å²) in [6.07, 6.45) is 5.37. The number of hydrogen-bond acceptors (Lipinski definition) is 1. The Balaban J connectivity index is 2.06. The largest absolute Gasteiger partial charge is 0.392 e. The van der Waals surface area contributed by atoms with E-state index in [0.29, 0.717) is 11.3 Å². The van der Waals surface area contributed by atoms with Crippen LogP contribution in [0.2, 0.25) is 0 Å². The second-order valence-corrected chi connectivity index (χ2v) is 6.86. The van der Waals surface area contributed by atoms with Gasteiger partial charge in [0.25, 0.3) is 0 Å². The van der Waals surface area contributed by atoms with Gasteiger partial charge in [-0.25, -0.2) is 0 Å². The van der Waals surface area contributed by atoms with Crippen LogP contribution in [0.25, 0.3) is 0 Å². The maximum Gasteiger partial charge on any atom is 0.0609 e. The van der Waals surface area contributed by atoms with Crippen LogP contribution in [0.3, 0.4) is 0 Å². The molecule has 0 heterocycles. The molecule has 1 heteroatoms. The topological polar surface area (TPSA) is 20.2 Å². The van der Waals surface area contributed by atoms with Gasteiger partial charge in [-0.05, 0) is 48.6 Å². The average Bonchev–Trinajstić information content (AvgIpc) is 2.34. The van der Waals surface area contributed by atoms with E-state index in [2.05, 4.69) is 45.0 Å². The predicted octanol–water partition coefficient (Wildman–Crippen LogP) is 4.29. The monoisotopic (exact) mass is 246 g/mol. The lowest BCUT2D eigenvalue weighted by Crippen LogP contribution is -2.24. The summed E-state index contributed by atoms with van der Waals surface area (Å²) >= 11 is 0. The molecule has 0 spiro atoms. The van der Waals surface area contributed by atoms with Gasteiger partial charge in [0.15, 0.2) is 0 Å². The van der Waals surface area contributed by atoms with Gasteiger partial charge in [-0.15, -0.1) is 0 Å². The van der Waals surface area contributed by atoms with E-state index in [-0.39, 0.29) is 6.10 Å². The van der Waals surface area contributed by atoms with Gasteiger partial charge in [-0.1, -0.05) is 45.0 Å². The standard InChI is InChI=1S/C17H26O/c1-17(2,3)12-11-16(18)15-10-6-8-13-7-4-5-9-14(13)15/h4-5,7,9,15-16,18H,6,8,10-12H2,1-3H3. The molecule has 2 atom stereocenters. The van der Waals surface area contributed by atoms with Crippen molar-refractivity contribution in [2.45, 2.75) is 64.9 Å². The molecular formula is C17H26O. The highest BCUT2D eigenvalue weighted by molar-refractivity contribution is 5.33. The van der Waals surface area contributed by atoms with Gasteiger partial charge in [0.2, 0.25) is 0 Å². The molecule has 2 rings (SSSR count). The molecule has 0 fully saturated rings. The molecule has 0 bridgehead atoms. The quantitative estimate of drug-likeness (QED) is 0.843. The molecule has 1 aromatic rings. The summed E-state index contributed by atoms with van der Waals surface area (Å²) in [4.78, 5) is 0. The third-order valence-electron chi connectivity index (χ3n) is 4.07. The zero-order valence-corrected chi connectivity index (χ0v) is 11.9. The Labute approximate surface area is 111 Å². The molecule has 2 unspecified atom stereocenters. The summed E-state index contributed by atoms with van der Waals surface area (Å²) in [5, 5.41) is 10.5. The third kappa shape index (κ3) is 3.35. The van der Waals surface area contributed by atoms with Crippen LogP contribution in [-0.2, 0) is 6.42 Å². The Morgan fingerprint density at radius 3 is 2.72 bits per heavy atom. The van der Waals surface area contributed by atoms with E-state index in [0.717, 1.165) is 19.3 Å². The molecule has 1 N–H and O–H groups in total. The summed E-state index contributed by atoms with van der Waals surface area (Å²) in [6, 6.07) is 8.65. The van der Waals surface area contributed by atoms with Crippen molar-refractivity contribution in [1.82, 2.24) is 0 Å². The van der Waals surface area contributed by atoms with Crippen LogP contribution in [0, 0.1) is 5.41 Å². The minimum atomic E-state index is -0.175. The Hall–Kier alpha value is -0.820. The van der Waals surface area contributed by atoms with Crippen molar-refractivity contribution in [2.75, 3.05) is 0 Å². The number of rotatable bonds is 3. The number of hydrogen-bond donors (Lipinski definition) is 1. The van der Waals surface area contributed by atoms with Gasteiger partial charge in [0, 0.05) is 5.92 Å².